The summed E-state index contributed by atoms with van der Waals surface area (Å²) >= 11 is 0. The van der Waals surface area contributed by atoms with Crippen LogP contribution in [-0.2, 0) is 4.74 Å². The molecule has 2 aliphatic rings. The van der Waals surface area contributed by atoms with Crippen molar-refractivity contribution in [2.24, 2.45) is 0 Å². The molecular formula is C18H28N2O. The lowest BCUT2D eigenvalue weighted by Gasteiger charge is -2.44. The van der Waals surface area contributed by atoms with Crippen molar-refractivity contribution in [2.45, 2.75) is 57.3 Å². The molecule has 0 amide bonds. The first-order valence-electron chi connectivity index (χ1n) is 8.32. The van der Waals surface area contributed by atoms with Gasteiger partial charge in [0.1, 0.15) is 0 Å². The van der Waals surface area contributed by atoms with E-state index in [2.05, 4.69) is 55.4 Å². The first-order chi connectivity index (χ1) is 10.2. The quantitative estimate of drug-likeness (QED) is 0.922. The summed E-state index contributed by atoms with van der Waals surface area (Å²) in [6.07, 6.45) is 4.31. The fourth-order valence-electron chi connectivity index (χ4n) is 4.11. The lowest BCUT2D eigenvalue weighted by molar-refractivity contribution is -0.0739. The van der Waals surface area contributed by atoms with E-state index in [1.54, 1.807) is 0 Å². The smallest absolute Gasteiger partial charge is 0.0731 e. The SMILES string of the molecule is CNC(c1ccc(C)cc1)C(C)N1CCOC2CCCC21. The minimum Gasteiger partial charge on any atom is -0.375 e. The Labute approximate surface area is 128 Å². The molecular weight excluding hydrogens is 260 g/mol. The summed E-state index contributed by atoms with van der Waals surface area (Å²) in [5.74, 6) is 0. The zero-order valence-corrected chi connectivity index (χ0v) is 13.5. The Hall–Kier alpha value is -0.900. The van der Waals surface area contributed by atoms with Gasteiger partial charge in [0.2, 0.25) is 0 Å². The molecule has 4 atom stereocenters. The van der Waals surface area contributed by atoms with Crippen molar-refractivity contribution >= 4 is 0 Å². The van der Waals surface area contributed by atoms with E-state index < -0.39 is 0 Å². The van der Waals surface area contributed by atoms with Crippen molar-refractivity contribution in [3.8, 4) is 0 Å². The first-order valence-corrected chi connectivity index (χ1v) is 8.32. The number of likely N-dealkylation sites (N-methyl/N-ethyl adjacent to an activating group) is 1. The molecule has 1 aromatic rings. The standard InChI is InChI=1S/C18H28N2O/c1-13-7-9-15(10-8-13)18(19-3)14(2)20-11-12-21-17-6-4-5-16(17)20/h7-10,14,16-19H,4-6,11-12H2,1-3H3. The summed E-state index contributed by atoms with van der Waals surface area (Å²) in [6, 6.07) is 10.4. The largest absolute Gasteiger partial charge is 0.375 e. The molecule has 1 saturated carbocycles. The summed E-state index contributed by atoms with van der Waals surface area (Å²) in [4.78, 5) is 2.68. The van der Waals surface area contributed by atoms with Crippen LogP contribution in [0.25, 0.3) is 0 Å². The number of hydrogen-bond donors (Lipinski definition) is 1. The lowest BCUT2D eigenvalue weighted by Crippen LogP contribution is -2.55. The number of ether oxygens (including phenoxy) is 1. The maximum atomic E-state index is 5.96. The molecule has 1 aliphatic heterocycles. The monoisotopic (exact) mass is 288 g/mol. The van der Waals surface area contributed by atoms with Crippen molar-refractivity contribution in [1.82, 2.24) is 10.2 Å². The van der Waals surface area contributed by atoms with Gasteiger partial charge in [-0.25, -0.2) is 0 Å². The van der Waals surface area contributed by atoms with Crippen LogP contribution in [-0.4, -0.2) is 43.3 Å². The molecule has 0 bridgehead atoms. The minimum absolute atomic E-state index is 0.380. The van der Waals surface area contributed by atoms with E-state index in [9.17, 15) is 0 Å². The normalized spacial score (nSPS) is 29.1. The fraction of sp³-hybridized carbons (Fsp3) is 0.667. The number of nitrogens with zero attached hydrogens (tertiary/aromatic N) is 1. The van der Waals surface area contributed by atoms with E-state index in [0.29, 0.717) is 24.2 Å². The third-order valence-electron chi connectivity index (χ3n) is 5.28. The van der Waals surface area contributed by atoms with Gasteiger partial charge in [-0.15, -0.1) is 0 Å². The topological polar surface area (TPSA) is 24.5 Å². The Morgan fingerprint density at radius 3 is 2.71 bits per heavy atom. The lowest BCUT2D eigenvalue weighted by atomic mass is 9.96. The zero-order valence-electron chi connectivity index (χ0n) is 13.5. The van der Waals surface area contributed by atoms with Gasteiger partial charge >= 0.3 is 0 Å². The second-order valence-electron chi connectivity index (χ2n) is 6.56. The number of fused-ring (bicyclic) bond motifs is 1. The Balaban J connectivity index is 1.78. The highest BCUT2D eigenvalue weighted by Gasteiger charge is 2.39. The number of morpholine rings is 1. The minimum atomic E-state index is 0.380. The molecule has 4 unspecified atom stereocenters. The predicted molar refractivity (Wildman–Crippen MR) is 86.5 cm³/mol. The van der Waals surface area contributed by atoms with Gasteiger partial charge in [0.15, 0.2) is 0 Å². The molecule has 1 heterocycles. The molecule has 21 heavy (non-hydrogen) atoms. The van der Waals surface area contributed by atoms with E-state index in [1.807, 2.05) is 0 Å². The molecule has 3 heteroatoms. The Kier molecular flexibility index (Phi) is 4.63. The molecule has 1 saturated heterocycles. The van der Waals surface area contributed by atoms with Crippen LogP contribution in [0.3, 0.4) is 0 Å². The highest BCUT2D eigenvalue weighted by atomic mass is 16.5. The highest BCUT2D eigenvalue weighted by Crippen LogP contribution is 2.33. The second-order valence-corrected chi connectivity index (χ2v) is 6.56. The van der Waals surface area contributed by atoms with Crippen LogP contribution in [0.4, 0.5) is 0 Å². The first kappa shape index (κ1) is 15.0. The molecule has 1 aromatic carbocycles. The van der Waals surface area contributed by atoms with E-state index in [1.165, 1.54) is 30.4 Å². The van der Waals surface area contributed by atoms with Crippen molar-refractivity contribution < 1.29 is 4.74 Å². The van der Waals surface area contributed by atoms with E-state index >= 15 is 0 Å². The Morgan fingerprint density at radius 1 is 1.24 bits per heavy atom. The zero-order chi connectivity index (χ0) is 14.8. The molecule has 1 N–H and O–H groups in total. The molecule has 3 rings (SSSR count). The molecule has 1 aliphatic carbocycles. The summed E-state index contributed by atoms with van der Waals surface area (Å²) in [6.45, 7) is 6.45. The van der Waals surface area contributed by atoms with Gasteiger partial charge in [-0.3, -0.25) is 4.90 Å². The summed E-state index contributed by atoms with van der Waals surface area (Å²) in [5, 5.41) is 3.53. The molecule has 0 aromatic heterocycles. The van der Waals surface area contributed by atoms with Crippen molar-refractivity contribution in [2.75, 3.05) is 20.2 Å². The van der Waals surface area contributed by atoms with Crippen molar-refractivity contribution in [3.05, 3.63) is 35.4 Å². The van der Waals surface area contributed by atoms with Crippen LogP contribution < -0.4 is 5.32 Å². The predicted octanol–water partition coefficient (Wildman–Crippen LogP) is 2.90. The summed E-state index contributed by atoms with van der Waals surface area (Å²) in [7, 11) is 2.08. The Morgan fingerprint density at radius 2 is 2.00 bits per heavy atom. The summed E-state index contributed by atoms with van der Waals surface area (Å²) in [5.41, 5.74) is 2.71. The molecule has 2 fully saturated rings. The van der Waals surface area contributed by atoms with Gasteiger partial charge in [-0.2, -0.15) is 0 Å². The highest BCUT2D eigenvalue weighted by molar-refractivity contribution is 5.25. The fourth-order valence-corrected chi connectivity index (χ4v) is 4.11. The third kappa shape index (κ3) is 3.01. The van der Waals surface area contributed by atoms with Crippen LogP contribution >= 0.6 is 0 Å². The van der Waals surface area contributed by atoms with Gasteiger partial charge < -0.3 is 10.1 Å². The van der Waals surface area contributed by atoms with Crippen LogP contribution in [0.5, 0.6) is 0 Å². The number of rotatable bonds is 4. The van der Waals surface area contributed by atoms with Crippen LogP contribution in [0.2, 0.25) is 0 Å². The number of nitrogens with one attached hydrogen (secondary N) is 1. The van der Waals surface area contributed by atoms with Crippen molar-refractivity contribution in [1.29, 1.82) is 0 Å². The summed E-state index contributed by atoms with van der Waals surface area (Å²) < 4.78 is 5.96. The average Bonchev–Trinajstić information content (AvgIpc) is 2.98. The van der Waals surface area contributed by atoms with Gasteiger partial charge in [0.05, 0.1) is 12.7 Å². The van der Waals surface area contributed by atoms with E-state index in [4.69, 9.17) is 4.74 Å². The molecule has 3 nitrogen and oxygen atoms in total. The maximum Gasteiger partial charge on any atom is 0.0731 e. The van der Waals surface area contributed by atoms with Crippen LogP contribution in [0.1, 0.15) is 43.4 Å². The van der Waals surface area contributed by atoms with Gasteiger partial charge in [-0.05, 0) is 45.7 Å². The van der Waals surface area contributed by atoms with Gasteiger partial charge in [0.25, 0.3) is 0 Å². The molecule has 0 radical (unpaired) electrons. The Bertz CT molecular complexity index is 459. The van der Waals surface area contributed by atoms with Crippen molar-refractivity contribution in [3.63, 3.8) is 0 Å². The molecule has 116 valence electrons. The van der Waals surface area contributed by atoms with Crippen LogP contribution in [0.15, 0.2) is 24.3 Å². The molecule has 0 spiro atoms. The average molecular weight is 288 g/mol. The maximum absolute atomic E-state index is 5.96. The number of hydrogen-bond acceptors (Lipinski definition) is 3. The number of benzene rings is 1. The number of aryl methyl sites for hydroxylation is 1. The van der Waals surface area contributed by atoms with Crippen LogP contribution in [0, 0.1) is 6.92 Å². The van der Waals surface area contributed by atoms with E-state index in [0.717, 1.165) is 13.2 Å². The second kappa shape index (κ2) is 6.47. The van der Waals surface area contributed by atoms with Gasteiger partial charge in [-0.1, -0.05) is 29.8 Å². The van der Waals surface area contributed by atoms with E-state index in [-0.39, 0.29) is 0 Å². The third-order valence-corrected chi connectivity index (χ3v) is 5.28. The van der Waals surface area contributed by atoms with Gasteiger partial charge in [0, 0.05) is 24.7 Å².